The molecule has 0 radical (unpaired) electrons. The summed E-state index contributed by atoms with van der Waals surface area (Å²) in [4.78, 5) is 0. The van der Waals surface area contributed by atoms with Crippen molar-refractivity contribution in [1.29, 1.82) is 0 Å². The lowest BCUT2D eigenvalue weighted by atomic mass is 9.98. The second-order valence-corrected chi connectivity index (χ2v) is 15.3. The fourth-order valence-corrected chi connectivity index (χ4v) is 9.16. The first-order chi connectivity index (χ1) is 29.3. The minimum atomic E-state index is 0.867. The van der Waals surface area contributed by atoms with E-state index in [1.165, 1.54) is 49.4 Å². The van der Waals surface area contributed by atoms with E-state index in [4.69, 9.17) is 4.42 Å². The first-order valence-corrected chi connectivity index (χ1v) is 20.2. The summed E-state index contributed by atoms with van der Waals surface area (Å²) in [5.41, 5.74) is 16.9. The third-order valence-corrected chi connectivity index (χ3v) is 11.9. The molecule has 0 bridgehead atoms. The normalized spacial score (nSPS) is 11.7. The van der Waals surface area contributed by atoms with Crippen LogP contribution in [0, 0.1) is 0 Å². The SMILES string of the molecule is c1ccc(-c2ccc3c(c2)c2cc(-c4ccccc4)ccc2n3-c2cccc(-c3ccc(-c4cccc5c4oc4c5c5ccccc5n4-c4ccccc4)cc3)c2)cc1. The molecule has 276 valence electrons. The standard InChI is InChI=1S/C56H36N2O/c1-4-14-37(15-5-1)42-30-32-52-49(35-42)50-36-43(38-16-6-2-7-17-38)31-33-53(50)57(52)45-21-12-18-41(34-45)39-26-28-40(29-27-39)46-23-13-24-48-54-47-22-10-11-25-51(47)58(56(54)59-55(46)48)44-19-8-3-9-20-44/h1-36H. The van der Waals surface area contributed by atoms with E-state index in [0.717, 1.165) is 61.2 Å². The number of hydrogen-bond donors (Lipinski definition) is 0. The summed E-state index contributed by atoms with van der Waals surface area (Å²) in [6, 6.07) is 78.5. The highest BCUT2D eigenvalue weighted by molar-refractivity contribution is 6.21. The molecule has 0 atom stereocenters. The second kappa shape index (κ2) is 13.4. The molecule has 3 heterocycles. The Kier molecular flexibility index (Phi) is 7.54. The Morgan fingerprint density at radius 3 is 1.44 bits per heavy atom. The molecule has 0 unspecified atom stereocenters. The summed E-state index contributed by atoms with van der Waals surface area (Å²) in [5.74, 6) is 0. The average molecular weight is 753 g/mol. The van der Waals surface area contributed by atoms with Gasteiger partial charge < -0.3 is 8.98 Å². The van der Waals surface area contributed by atoms with Crippen molar-refractivity contribution in [3.8, 4) is 55.9 Å². The second-order valence-electron chi connectivity index (χ2n) is 15.3. The summed E-state index contributed by atoms with van der Waals surface area (Å²) >= 11 is 0. The van der Waals surface area contributed by atoms with Crippen LogP contribution in [0.2, 0.25) is 0 Å². The van der Waals surface area contributed by atoms with Crippen molar-refractivity contribution in [2.45, 2.75) is 0 Å². The van der Waals surface area contributed by atoms with Gasteiger partial charge in [0.1, 0.15) is 5.58 Å². The van der Waals surface area contributed by atoms with E-state index in [1.54, 1.807) is 0 Å². The Morgan fingerprint density at radius 2 is 0.763 bits per heavy atom. The highest BCUT2D eigenvalue weighted by atomic mass is 16.3. The highest BCUT2D eigenvalue weighted by Gasteiger charge is 2.21. The molecule has 59 heavy (non-hydrogen) atoms. The minimum absolute atomic E-state index is 0.867. The van der Waals surface area contributed by atoms with Crippen molar-refractivity contribution in [3.63, 3.8) is 0 Å². The molecule has 3 heteroatoms. The van der Waals surface area contributed by atoms with Crippen molar-refractivity contribution >= 4 is 54.8 Å². The number of nitrogens with zero attached hydrogens (tertiary/aromatic N) is 2. The van der Waals surface area contributed by atoms with E-state index in [2.05, 4.69) is 228 Å². The molecular weight excluding hydrogens is 717 g/mol. The van der Waals surface area contributed by atoms with Crippen molar-refractivity contribution in [2.24, 2.45) is 0 Å². The van der Waals surface area contributed by atoms with Crippen LogP contribution in [-0.4, -0.2) is 9.13 Å². The van der Waals surface area contributed by atoms with E-state index in [0.29, 0.717) is 0 Å². The van der Waals surface area contributed by atoms with Crippen LogP contribution >= 0.6 is 0 Å². The van der Waals surface area contributed by atoms with E-state index >= 15 is 0 Å². The van der Waals surface area contributed by atoms with Crippen molar-refractivity contribution in [1.82, 2.24) is 9.13 Å². The fraction of sp³-hybridized carbons (Fsp3) is 0. The number of hydrogen-bond acceptors (Lipinski definition) is 1. The molecular formula is C56H36N2O. The molecule has 9 aromatic carbocycles. The molecule has 0 saturated carbocycles. The molecule has 0 amide bonds. The monoisotopic (exact) mass is 752 g/mol. The van der Waals surface area contributed by atoms with Crippen LogP contribution in [0.4, 0.5) is 0 Å². The van der Waals surface area contributed by atoms with Gasteiger partial charge in [-0.2, -0.15) is 0 Å². The molecule has 0 aliphatic carbocycles. The van der Waals surface area contributed by atoms with Crippen molar-refractivity contribution < 1.29 is 4.42 Å². The largest absolute Gasteiger partial charge is 0.438 e. The number of benzene rings is 9. The maximum absolute atomic E-state index is 6.88. The molecule has 3 nitrogen and oxygen atoms in total. The maximum Gasteiger partial charge on any atom is 0.213 e. The number of rotatable bonds is 6. The van der Waals surface area contributed by atoms with Gasteiger partial charge in [-0.05, 0) is 93.5 Å². The zero-order valence-electron chi connectivity index (χ0n) is 32.1. The van der Waals surface area contributed by atoms with Crippen molar-refractivity contribution in [2.75, 3.05) is 0 Å². The predicted molar refractivity (Wildman–Crippen MR) is 247 cm³/mol. The number of furan rings is 1. The predicted octanol–water partition coefficient (Wildman–Crippen LogP) is 15.3. The fourth-order valence-electron chi connectivity index (χ4n) is 9.16. The van der Waals surface area contributed by atoms with Crippen LogP contribution < -0.4 is 0 Å². The third-order valence-electron chi connectivity index (χ3n) is 11.9. The van der Waals surface area contributed by atoms with Gasteiger partial charge in [0.2, 0.25) is 5.71 Å². The Hall–Kier alpha value is -7.88. The van der Waals surface area contributed by atoms with Crippen LogP contribution in [0.15, 0.2) is 223 Å². The number of fused-ring (bicyclic) bond motifs is 8. The van der Waals surface area contributed by atoms with E-state index < -0.39 is 0 Å². The smallest absolute Gasteiger partial charge is 0.213 e. The van der Waals surface area contributed by atoms with Gasteiger partial charge in [-0.3, -0.25) is 4.57 Å². The first-order valence-electron chi connectivity index (χ1n) is 20.2. The molecule has 0 spiro atoms. The first kappa shape index (κ1) is 33.3. The Labute approximate surface area is 341 Å². The molecule has 0 N–H and O–H groups in total. The van der Waals surface area contributed by atoms with Gasteiger partial charge >= 0.3 is 0 Å². The molecule has 0 aliphatic rings. The quantitative estimate of drug-likeness (QED) is 0.166. The van der Waals surface area contributed by atoms with Gasteiger partial charge in [0.15, 0.2) is 0 Å². The number of para-hydroxylation sites is 3. The van der Waals surface area contributed by atoms with Crippen LogP contribution in [0.3, 0.4) is 0 Å². The van der Waals surface area contributed by atoms with E-state index in [1.807, 2.05) is 0 Å². The van der Waals surface area contributed by atoms with Crippen molar-refractivity contribution in [3.05, 3.63) is 218 Å². The summed E-state index contributed by atoms with van der Waals surface area (Å²) in [7, 11) is 0. The van der Waals surface area contributed by atoms with Gasteiger partial charge in [-0.25, -0.2) is 0 Å². The van der Waals surface area contributed by atoms with Crippen LogP contribution in [0.1, 0.15) is 0 Å². The lowest BCUT2D eigenvalue weighted by molar-refractivity contribution is 0.646. The zero-order chi connectivity index (χ0) is 38.9. The number of aromatic nitrogens is 2. The lowest BCUT2D eigenvalue weighted by Gasteiger charge is -2.12. The molecule has 0 aliphatic heterocycles. The summed E-state index contributed by atoms with van der Waals surface area (Å²) in [6.07, 6.45) is 0. The Morgan fingerprint density at radius 1 is 0.288 bits per heavy atom. The Bertz CT molecular complexity index is 3420. The molecule has 0 saturated heterocycles. The van der Waals surface area contributed by atoms with Crippen LogP contribution in [-0.2, 0) is 0 Å². The summed E-state index contributed by atoms with van der Waals surface area (Å²) < 4.78 is 11.5. The van der Waals surface area contributed by atoms with Gasteiger partial charge in [0.05, 0.1) is 21.9 Å². The van der Waals surface area contributed by atoms with Crippen LogP contribution in [0.5, 0.6) is 0 Å². The lowest BCUT2D eigenvalue weighted by Crippen LogP contribution is -1.94. The highest BCUT2D eigenvalue weighted by Crippen LogP contribution is 2.43. The summed E-state index contributed by atoms with van der Waals surface area (Å²) in [5, 5.41) is 5.93. The van der Waals surface area contributed by atoms with E-state index in [9.17, 15) is 0 Å². The van der Waals surface area contributed by atoms with Gasteiger partial charge in [0.25, 0.3) is 0 Å². The van der Waals surface area contributed by atoms with Gasteiger partial charge in [-0.15, -0.1) is 0 Å². The molecule has 0 fully saturated rings. The van der Waals surface area contributed by atoms with E-state index in [-0.39, 0.29) is 0 Å². The maximum atomic E-state index is 6.88. The van der Waals surface area contributed by atoms with Gasteiger partial charge in [0, 0.05) is 38.5 Å². The van der Waals surface area contributed by atoms with Gasteiger partial charge in [-0.1, -0.05) is 164 Å². The molecule has 12 rings (SSSR count). The molecule has 3 aromatic heterocycles. The van der Waals surface area contributed by atoms with Crippen LogP contribution in [0.25, 0.3) is 111 Å². The minimum Gasteiger partial charge on any atom is -0.438 e. The Balaban J connectivity index is 0.958. The zero-order valence-corrected chi connectivity index (χ0v) is 32.1. The topological polar surface area (TPSA) is 23.0 Å². The summed E-state index contributed by atoms with van der Waals surface area (Å²) in [6.45, 7) is 0. The third kappa shape index (κ3) is 5.36. The molecule has 12 aromatic rings. The average Bonchev–Trinajstić information content (AvgIpc) is 3.96.